The second-order valence-corrected chi connectivity index (χ2v) is 8.70. The average Bonchev–Trinajstić information content (AvgIpc) is 3.70. The Morgan fingerprint density at radius 1 is 1.06 bits per heavy atom. The Bertz CT molecular complexity index is 1480. The molecule has 7 nitrogen and oxygen atoms in total. The number of carbonyl (C=O) groups is 1. The third-order valence-corrected chi connectivity index (χ3v) is 6.29. The van der Waals surface area contributed by atoms with Gasteiger partial charge < -0.3 is 19.9 Å². The van der Waals surface area contributed by atoms with Gasteiger partial charge in [-0.1, -0.05) is 18.2 Å². The molecule has 4 aromatic rings. The summed E-state index contributed by atoms with van der Waals surface area (Å²) in [7, 11) is 0. The van der Waals surface area contributed by atoms with Gasteiger partial charge in [0.05, 0.1) is 16.7 Å². The largest absolute Gasteiger partial charge is 0.477 e. The van der Waals surface area contributed by atoms with Crippen LogP contribution in [0.15, 0.2) is 59.5 Å². The summed E-state index contributed by atoms with van der Waals surface area (Å²) in [5.41, 5.74) is 0.861. The number of anilines is 1. The number of para-hydroxylation sites is 1. The van der Waals surface area contributed by atoms with E-state index in [1.165, 1.54) is 18.3 Å². The lowest BCUT2D eigenvalue weighted by Crippen LogP contribution is -2.43. The van der Waals surface area contributed by atoms with Crippen LogP contribution in [0.3, 0.4) is 0 Å². The molecule has 1 aliphatic carbocycles. The van der Waals surface area contributed by atoms with E-state index in [2.05, 4.69) is 10.3 Å². The number of rotatable bonds is 3. The van der Waals surface area contributed by atoms with E-state index in [4.69, 9.17) is 0 Å². The van der Waals surface area contributed by atoms with Gasteiger partial charge in [0.25, 0.3) is 0 Å². The highest BCUT2D eigenvalue weighted by atomic mass is 19.1. The standard InChI is InChI=1S/C17H18FN3O3.C9H6FN/c18-13-7-11-14(8-15(13)20-5-3-19-4-6-20)21(10-1-2-10)9-12(16(11)22)17(23)24;10-9-6-5-7-3-1-2-4-8(7)11-9/h7-10,19H,1-6H2,(H,23,24);1-6H. The third-order valence-electron chi connectivity index (χ3n) is 6.29. The van der Waals surface area contributed by atoms with Crippen molar-refractivity contribution in [1.29, 1.82) is 0 Å². The Kier molecular flexibility index (Phi) is 6.17. The first-order valence-electron chi connectivity index (χ1n) is 11.5. The molecule has 0 unspecified atom stereocenters. The Morgan fingerprint density at radius 3 is 2.51 bits per heavy atom. The molecule has 6 rings (SSSR count). The molecule has 1 saturated heterocycles. The summed E-state index contributed by atoms with van der Waals surface area (Å²) in [5.74, 6) is -2.18. The predicted molar refractivity (Wildman–Crippen MR) is 130 cm³/mol. The topological polar surface area (TPSA) is 87.5 Å². The highest BCUT2D eigenvalue weighted by Gasteiger charge is 2.28. The number of pyridine rings is 2. The Labute approximate surface area is 199 Å². The van der Waals surface area contributed by atoms with Crippen LogP contribution in [0.1, 0.15) is 29.2 Å². The molecule has 35 heavy (non-hydrogen) atoms. The fourth-order valence-electron chi connectivity index (χ4n) is 4.36. The Hall–Kier alpha value is -3.85. The van der Waals surface area contributed by atoms with E-state index in [1.807, 2.05) is 27.7 Å². The Balaban J connectivity index is 0.000000192. The van der Waals surface area contributed by atoms with Crippen molar-refractivity contribution in [3.63, 3.8) is 0 Å². The number of benzene rings is 2. The minimum absolute atomic E-state index is 0.137. The van der Waals surface area contributed by atoms with Gasteiger partial charge in [-0.3, -0.25) is 4.79 Å². The lowest BCUT2D eigenvalue weighted by molar-refractivity contribution is 0.0695. The van der Waals surface area contributed by atoms with Crippen molar-refractivity contribution in [3.8, 4) is 0 Å². The second-order valence-electron chi connectivity index (χ2n) is 8.70. The van der Waals surface area contributed by atoms with Crippen LogP contribution < -0.4 is 15.6 Å². The summed E-state index contributed by atoms with van der Waals surface area (Å²) in [6.07, 6.45) is 3.29. The highest BCUT2D eigenvalue weighted by Crippen LogP contribution is 2.38. The van der Waals surface area contributed by atoms with Crippen LogP contribution in [-0.2, 0) is 0 Å². The van der Waals surface area contributed by atoms with Gasteiger partial charge in [0.15, 0.2) is 0 Å². The number of piperazine rings is 1. The maximum atomic E-state index is 14.6. The summed E-state index contributed by atoms with van der Waals surface area (Å²) in [5, 5.41) is 13.6. The molecule has 0 radical (unpaired) electrons. The van der Waals surface area contributed by atoms with Gasteiger partial charge in [-0.15, -0.1) is 0 Å². The molecule has 0 spiro atoms. The number of nitrogens with zero attached hydrogens (tertiary/aromatic N) is 3. The molecule has 0 amide bonds. The van der Waals surface area contributed by atoms with Crippen molar-refractivity contribution < 1.29 is 18.7 Å². The maximum Gasteiger partial charge on any atom is 0.341 e. The molecule has 9 heteroatoms. The summed E-state index contributed by atoms with van der Waals surface area (Å²) < 4.78 is 29.0. The number of hydrogen-bond acceptors (Lipinski definition) is 5. The van der Waals surface area contributed by atoms with Crippen LogP contribution in [0, 0.1) is 11.8 Å². The van der Waals surface area contributed by atoms with E-state index in [9.17, 15) is 23.5 Å². The number of fused-ring (bicyclic) bond motifs is 2. The minimum Gasteiger partial charge on any atom is -0.477 e. The SMILES string of the molecule is Fc1ccc2ccccc2n1.O=C(O)c1cn(C2CC2)c2cc(N3CCNCC3)c(F)cc2c1=O. The molecular formula is C26H24F2N4O3. The highest BCUT2D eigenvalue weighted by molar-refractivity contribution is 5.93. The quantitative estimate of drug-likeness (QED) is 0.434. The fourth-order valence-corrected chi connectivity index (χ4v) is 4.36. The number of carboxylic acid groups (broad SMARTS) is 1. The van der Waals surface area contributed by atoms with Crippen LogP contribution in [0.4, 0.5) is 14.5 Å². The molecule has 3 heterocycles. The molecule has 2 N–H and O–H groups in total. The zero-order valence-electron chi connectivity index (χ0n) is 18.9. The average molecular weight is 478 g/mol. The zero-order valence-corrected chi connectivity index (χ0v) is 18.9. The van der Waals surface area contributed by atoms with E-state index in [0.29, 0.717) is 29.8 Å². The number of aromatic nitrogens is 2. The van der Waals surface area contributed by atoms with Gasteiger partial charge in [-0.25, -0.2) is 14.2 Å². The van der Waals surface area contributed by atoms with E-state index in [-0.39, 0.29) is 17.0 Å². The van der Waals surface area contributed by atoms with Crippen molar-refractivity contribution in [2.75, 3.05) is 31.1 Å². The molecule has 2 aromatic carbocycles. The molecule has 0 atom stereocenters. The first kappa shape index (κ1) is 22.9. The lowest BCUT2D eigenvalue weighted by atomic mass is 10.1. The van der Waals surface area contributed by atoms with Crippen molar-refractivity contribution in [2.24, 2.45) is 0 Å². The van der Waals surface area contributed by atoms with Gasteiger partial charge in [0.2, 0.25) is 11.4 Å². The van der Waals surface area contributed by atoms with E-state index < -0.39 is 23.2 Å². The van der Waals surface area contributed by atoms with E-state index >= 15 is 0 Å². The number of nitrogens with one attached hydrogen (secondary N) is 1. The molecule has 180 valence electrons. The van der Waals surface area contributed by atoms with Crippen molar-refractivity contribution in [1.82, 2.24) is 14.9 Å². The normalized spacial score (nSPS) is 15.7. The molecule has 2 aliphatic rings. The third kappa shape index (κ3) is 4.72. The van der Waals surface area contributed by atoms with Crippen LogP contribution in [0.5, 0.6) is 0 Å². The van der Waals surface area contributed by atoms with Gasteiger partial charge in [-0.2, -0.15) is 4.39 Å². The van der Waals surface area contributed by atoms with Crippen LogP contribution in [0.2, 0.25) is 0 Å². The van der Waals surface area contributed by atoms with Gasteiger partial charge in [-0.05, 0) is 43.2 Å². The van der Waals surface area contributed by atoms with Crippen molar-refractivity contribution in [3.05, 3.63) is 82.3 Å². The summed E-state index contributed by atoms with van der Waals surface area (Å²) in [6, 6.07) is 13.6. The van der Waals surface area contributed by atoms with Crippen molar-refractivity contribution >= 4 is 33.5 Å². The first-order chi connectivity index (χ1) is 16.9. The predicted octanol–water partition coefficient (Wildman–Crippen LogP) is 3.96. The van der Waals surface area contributed by atoms with E-state index in [1.54, 1.807) is 18.2 Å². The number of halogens is 2. The van der Waals surface area contributed by atoms with Crippen molar-refractivity contribution in [2.45, 2.75) is 18.9 Å². The first-order valence-corrected chi connectivity index (χ1v) is 11.5. The molecule has 1 saturated carbocycles. The number of carboxylic acids is 1. The summed E-state index contributed by atoms with van der Waals surface area (Å²) in [4.78, 5) is 29.4. The summed E-state index contributed by atoms with van der Waals surface area (Å²) in [6.45, 7) is 2.96. The van der Waals surface area contributed by atoms with Gasteiger partial charge in [0, 0.05) is 49.2 Å². The van der Waals surface area contributed by atoms with Gasteiger partial charge in [0.1, 0.15) is 11.4 Å². The van der Waals surface area contributed by atoms with E-state index in [0.717, 1.165) is 31.3 Å². The number of aromatic carboxylic acids is 1. The Morgan fingerprint density at radius 2 is 1.80 bits per heavy atom. The second kappa shape index (κ2) is 9.42. The summed E-state index contributed by atoms with van der Waals surface area (Å²) >= 11 is 0. The van der Waals surface area contributed by atoms with Crippen LogP contribution in [-0.4, -0.2) is 46.8 Å². The molecule has 1 aliphatic heterocycles. The number of hydrogen-bond donors (Lipinski definition) is 2. The van der Waals surface area contributed by atoms with Gasteiger partial charge >= 0.3 is 5.97 Å². The molecule has 2 aromatic heterocycles. The maximum absolute atomic E-state index is 14.6. The lowest BCUT2D eigenvalue weighted by Gasteiger charge is -2.30. The monoisotopic (exact) mass is 478 g/mol. The fraction of sp³-hybridized carbons (Fsp3) is 0.269. The minimum atomic E-state index is -1.28. The molecule has 0 bridgehead atoms. The van der Waals surface area contributed by atoms with Crippen LogP contribution >= 0.6 is 0 Å². The zero-order chi connectivity index (χ0) is 24.5. The molecular weight excluding hydrogens is 454 g/mol. The smallest absolute Gasteiger partial charge is 0.341 e. The molecule has 2 fully saturated rings. The van der Waals surface area contributed by atoms with Crippen LogP contribution in [0.25, 0.3) is 21.8 Å².